The van der Waals surface area contributed by atoms with Crippen LogP contribution in [0.3, 0.4) is 0 Å². The number of amides is 1. The second kappa shape index (κ2) is 9.77. The van der Waals surface area contributed by atoms with E-state index in [1.54, 1.807) is 11.8 Å². The van der Waals surface area contributed by atoms with Crippen LogP contribution in [0.1, 0.15) is 40.4 Å². The van der Waals surface area contributed by atoms with Crippen molar-refractivity contribution >= 4 is 17.7 Å². The van der Waals surface area contributed by atoms with Crippen LogP contribution in [0, 0.1) is 0 Å². The predicted molar refractivity (Wildman–Crippen MR) is 118 cm³/mol. The van der Waals surface area contributed by atoms with Crippen LogP contribution in [0.15, 0.2) is 89.8 Å². The van der Waals surface area contributed by atoms with Gasteiger partial charge in [-0.1, -0.05) is 72.8 Å². The van der Waals surface area contributed by atoms with Crippen LogP contribution >= 0.6 is 11.8 Å². The van der Waals surface area contributed by atoms with E-state index in [1.807, 2.05) is 60.7 Å². The minimum atomic E-state index is -0.193. The Morgan fingerprint density at radius 3 is 2.17 bits per heavy atom. The summed E-state index contributed by atoms with van der Waals surface area (Å²) >= 11 is 1.71. The Kier molecular flexibility index (Phi) is 6.65. The van der Waals surface area contributed by atoms with Crippen molar-refractivity contribution in [3.05, 3.63) is 102 Å². The van der Waals surface area contributed by atoms with Gasteiger partial charge < -0.3 is 10.1 Å². The van der Waals surface area contributed by atoms with Crippen molar-refractivity contribution in [3.63, 3.8) is 0 Å². The Bertz CT molecular complexity index is 884. The second-order valence-electron chi connectivity index (χ2n) is 7.17. The number of nitrogens with one attached hydrogen (secondary N) is 1. The summed E-state index contributed by atoms with van der Waals surface area (Å²) in [5.74, 6) is 0.823. The summed E-state index contributed by atoms with van der Waals surface area (Å²) in [7, 11) is 0. The van der Waals surface area contributed by atoms with E-state index in [1.165, 1.54) is 0 Å². The first kappa shape index (κ1) is 19.7. The van der Waals surface area contributed by atoms with Crippen LogP contribution in [-0.2, 0) is 4.74 Å². The second-order valence-corrected chi connectivity index (χ2v) is 8.23. The van der Waals surface area contributed by atoms with Gasteiger partial charge in [-0.25, -0.2) is 0 Å². The van der Waals surface area contributed by atoms with E-state index >= 15 is 0 Å². The van der Waals surface area contributed by atoms with Crippen molar-refractivity contribution < 1.29 is 9.53 Å². The molecule has 29 heavy (non-hydrogen) atoms. The predicted octanol–water partition coefficient (Wildman–Crippen LogP) is 5.48. The van der Waals surface area contributed by atoms with E-state index in [-0.39, 0.29) is 18.1 Å². The summed E-state index contributed by atoms with van der Waals surface area (Å²) in [5, 5.41) is 3.25. The number of hydrogen-bond donors (Lipinski definition) is 1. The molecule has 4 heteroatoms. The van der Waals surface area contributed by atoms with Crippen LogP contribution in [-0.4, -0.2) is 24.4 Å². The van der Waals surface area contributed by atoms with Crippen molar-refractivity contribution in [3.8, 4) is 0 Å². The highest BCUT2D eigenvalue weighted by Gasteiger charge is 2.21. The number of ether oxygens (including phenoxy) is 1. The average molecular weight is 404 g/mol. The molecule has 1 fully saturated rings. The molecule has 1 aliphatic heterocycles. The standard InChI is InChI=1S/C25H25NO2S/c27-25(22-15-7-8-16-23(22)29-18-21-14-9-17-28-21)26-24(19-10-3-1-4-11-19)20-12-5-2-6-13-20/h1-8,10-13,15-16,21,24H,9,14,17-18H2,(H,26,27)/t21-/m0/s1. The zero-order valence-electron chi connectivity index (χ0n) is 16.3. The molecule has 0 unspecified atom stereocenters. The number of rotatable bonds is 7. The van der Waals surface area contributed by atoms with Gasteiger partial charge in [0.25, 0.3) is 5.91 Å². The van der Waals surface area contributed by atoms with Gasteiger partial charge in [0.15, 0.2) is 0 Å². The first-order valence-electron chi connectivity index (χ1n) is 10.1. The topological polar surface area (TPSA) is 38.3 Å². The molecule has 1 atom stereocenters. The third kappa shape index (κ3) is 5.08. The minimum Gasteiger partial charge on any atom is -0.377 e. The molecule has 0 bridgehead atoms. The normalized spacial score (nSPS) is 16.1. The lowest BCUT2D eigenvalue weighted by molar-refractivity contribution is 0.0940. The van der Waals surface area contributed by atoms with Gasteiger partial charge in [0.1, 0.15) is 0 Å². The first-order chi connectivity index (χ1) is 14.3. The molecular weight excluding hydrogens is 378 g/mol. The fourth-order valence-corrected chi connectivity index (χ4v) is 4.72. The van der Waals surface area contributed by atoms with Crippen LogP contribution in [0.25, 0.3) is 0 Å². The fourth-order valence-electron chi connectivity index (χ4n) is 3.60. The van der Waals surface area contributed by atoms with Gasteiger partial charge in [-0.2, -0.15) is 0 Å². The van der Waals surface area contributed by atoms with E-state index in [4.69, 9.17) is 4.74 Å². The number of carbonyl (C=O) groups is 1. The highest BCUT2D eigenvalue weighted by atomic mass is 32.2. The summed E-state index contributed by atoms with van der Waals surface area (Å²) in [5.41, 5.74) is 2.85. The Morgan fingerprint density at radius 2 is 1.55 bits per heavy atom. The van der Waals surface area contributed by atoms with E-state index in [0.717, 1.165) is 41.2 Å². The minimum absolute atomic E-state index is 0.0573. The maximum Gasteiger partial charge on any atom is 0.253 e. The van der Waals surface area contributed by atoms with E-state index in [0.29, 0.717) is 5.56 Å². The third-order valence-electron chi connectivity index (χ3n) is 5.12. The molecular formula is C25H25NO2S. The largest absolute Gasteiger partial charge is 0.377 e. The zero-order valence-corrected chi connectivity index (χ0v) is 17.1. The molecule has 0 aliphatic carbocycles. The average Bonchev–Trinajstić information content (AvgIpc) is 3.31. The highest BCUT2D eigenvalue weighted by Crippen LogP contribution is 2.28. The molecule has 1 aliphatic rings. The quantitative estimate of drug-likeness (QED) is 0.531. The van der Waals surface area contributed by atoms with Crippen molar-refractivity contribution in [2.75, 3.05) is 12.4 Å². The molecule has 1 amide bonds. The van der Waals surface area contributed by atoms with Gasteiger partial charge in [-0.15, -0.1) is 11.8 Å². The Morgan fingerprint density at radius 1 is 0.931 bits per heavy atom. The molecule has 3 aromatic carbocycles. The van der Waals surface area contributed by atoms with E-state index in [9.17, 15) is 4.79 Å². The third-order valence-corrected chi connectivity index (χ3v) is 6.33. The maximum atomic E-state index is 13.3. The SMILES string of the molecule is O=C(NC(c1ccccc1)c1ccccc1)c1ccccc1SC[C@@H]1CCCO1. The molecule has 3 aromatic rings. The number of benzene rings is 3. The molecule has 1 heterocycles. The highest BCUT2D eigenvalue weighted by molar-refractivity contribution is 7.99. The number of carbonyl (C=O) groups excluding carboxylic acids is 1. The molecule has 0 aromatic heterocycles. The fraction of sp³-hybridized carbons (Fsp3) is 0.240. The van der Waals surface area contributed by atoms with Gasteiger partial charge in [0, 0.05) is 17.3 Å². The summed E-state index contributed by atoms with van der Waals surface area (Å²) < 4.78 is 5.73. The Balaban J connectivity index is 1.55. The molecule has 0 saturated carbocycles. The van der Waals surface area contributed by atoms with Crippen LogP contribution in [0.4, 0.5) is 0 Å². The van der Waals surface area contributed by atoms with Gasteiger partial charge in [0.05, 0.1) is 17.7 Å². The maximum absolute atomic E-state index is 13.3. The Hall–Kier alpha value is -2.56. The van der Waals surface area contributed by atoms with Crippen LogP contribution in [0.5, 0.6) is 0 Å². The number of thioether (sulfide) groups is 1. The van der Waals surface area contributed by atoms with E-state index in [2.05, 4.69) is 29.6 Å². The summed E-state index contributed by atoms with van der Waals surface area (Å²) in [4.78, 5) is 14.3. The lowest BCUT2D eigenvalue weighted by Crippen LogP contribution is -2.29. The van der Waals surface area contributed by atoms with Crippen LogP contribution < -0.4 is 5.32 Å². The monoisotopic (exact) mass is 403 g/mol. The lowest BCUT2D eigenvalue weighted by Gasteiger charge is -2.21. The number of hydrogen-bond acceptors (Lipinski definition) is 3. The smallest absolute Gasteiger partial charge is 0.253 e. The van der Waals surface area contributed by atoms with Crippen molar-refractivity contribution in [1.29, 1.82) is 0 Å². The van der Waals surface area contributed by atoms with Crippen molar-refractivity contribution in [2.24, 2.45) is 0 Å². The molecule has 148 valence electrons. The molecule has 1 N–H and O–H groups in total. The summed E-state index contributed by atoms with van der Waals surface area (Å²) in [6.45, 7) is 0.850. The summed E-state index contributed by atoms with van der Waals surface area (Å²) in [6, 6.07) is 27.8. The molecule has 0 radical (unpaired) electrons. The van der Waals surface area contributed by atoms with Gasteiger partial charge >= 0.3 is 0 Å². The van der Waals surface area contributed by atoms with E-state index < -0.39 is 0 Å². The molecule has 0 spiro atoms. The van der Waals surface area contributed by atoms with Gasteiger partial charge in [-0.05, 0) is 36.1 Å². The molecule has 1 saturated heterocycles. The first-order valence-corrected chi connectivity index (χ1v) is 11.0. The Labute approximate surface area is 176 Å². The van der Waals surface area contributed by atoms with Crippen molar-refractivity contribution in [2.45, 2.75) is 29.9 Å². The van der Waals surface area contributed by atoms with Gasteiger partial charge in [0.2, 0.25) is 0 Å². The van der Waals surface area contributed by atoms with Gasteiger partial charge in [-0.3, -0.25) is 4.79 Å². The lowest BCUT2D eigenvalue weighted by atomic mass is 9.98. The summed E-state index contributed by atoms with van der Waals surface area (Å²) in [6.07, 6.45) is 2.52. The van der Waals surface area contributed by atoms with Crippen molar-refractivity contribution in [1.82, 2.24) is 5.32 Å². The van der Waals surface area contributed by atoms with Crippen LogP contribution in [0.2, 0.25) is 0 Å². The molecule has 4 rings (SSSR count). The zero-order chi connectivity index (χ0) is 19.9. The molecule has 3 nitrogen and oxygen atoms in total.